The zero-order valence-electron chi connectivity index (χ0n) is 16.8. The number of halogens is 3. The van der Waals surface area contributed by atoms with Crippen LogP contribution in [0.1, 0.15) is 49.2 Å². The molecule has 4 nitrogen and oxygen atoms in total. The Bertz CT molecular complexity index is 913. The highest BCUT2D eigenvalue weighted by molar-refractivity contribution is 6.26. The first-order valence-corrected chi connectivity index (χ1v) is 9.59. The van der Waals surface area contributed by atoms with E-state index in [0.29, 0.717) is 15.7 Å². The van der Waals surface area contributed by atoms with Gasteiger partial charge in [0.2, 0.25) is 11.8 Å². The fourth-order valence-corrected chi connectivity index (χ4v) is 3.02. The highest BCUT2D eigenvalue weighted by Crippen LogP contribution is 2.35. The van der Waals surface area contributed by atoms with Crippen molar-refractivity contribution in [1.82, 2.24) is 4.53 Å². The van der Waals surface area contributed by atoms with E-state index in [0.717, 1.165) is 12.0 Å². The van der Waals surface area contributed by atoms with Gasteiger partial charge in [0.1, 0.15) is 5.54 Å². The van der Waals surface area contributed by atoms with Crippen molar-refractivity contribution in [3.8, 4) is 11.8 Å². The molecule has 7 heteroatoms. The third kappa shape index (κ3) is 5.52. The summed E-state index contributed by atoms with van der Waals surface area (Å²) in [4.78, 5) is 25.9. The molecular formula is C22H24Cl3N2O2+. The van der Waals surface area contributed by atoms with E-state index in [2.05, 4.69) is 11.8 Å². The van der Waals surface area contributed by atoms with Gasteiger partial charge in [-0.05, 0) is 61.1 Å². The second-order valence-corrected chi connectivity index (χ2v) is 8.07. The standard InChI is InChI=1S/C22H23Cl2N2O2.ClH/c1-5-17-11-14-19(15-12-17)21(28)26(24,22(2,3)4)25(23)20(27)16-13-18-9-7-6-8-10-18;/h6-12,14-15H,5H2,1-4H3;1H/q+1;. The van der Waals surface area contributed by atoms with Crippen molar-refractivity contribution < 1.29 is 13.7 Å². The summed E-state index contributed by atoms with van der Waals surface area (Å²) >= 11 is 13.0. The average molecular weight is 455 g/mol. The van der Waals surface area contributed by atoms with Gasteiger partial charge in [-0.3, -0.25) is 4.79 Å². The van der Waals surface area contributed by atoms with E-state index in [4.69, 9.17) is 23.6 Å². The number of amides is 2. The summed E-state index contributed by atoms with van der Waals surface area (Å²) in [6.45, 7) is 7.21. The van der Waals surface area contributed by atoms with Gasteiger partial charge in [-0.25, -0.2) is 4.79 Å². The Morgan fingerprint density at radius 1 is 1.03 bits per heavy atom. The molecule has 0 aliphatic rings. The van der Waals surface area contributed by atoms with Crippen molar-refractivity contribution in [2.45, 2.75) is 39.7 Å². The van der Waals surface area contributed by atoms with Gasteiger partial charge >= 0.3 is 11.8 Å². The number of carbonyl (C=O) groups is 2. The SMILES string of the molecule is CCc1ccc(C(=O)[N+](Cl)(N(Cl)C(=O)C#Cc2ccccc2)C(C)(C)C)cc1.Cl. The number of hydrogen-bond donors (Lipinski definition) is 0. The van der Waals surface area contributed by atoms with Gasteiger partial charge in [-0.15, -0.1) is 12.4 Å². The minimum atomic E-state index is -0.970. The number of carbonyl (C=O) groups excluding carboxylic acids is 2. The van der Waals surface area contributed by atoms with Gasteiger partial charge in [0.15, 0.2) is 0 Å². The first kappa shape index (κ1) is 25.0. The Hall–Kier alpha value is -2.03. The third-order valence-electron chi connectivity index (χ3n) is 4.26. The van der Waals surface area contributed by atoms with Gasteiger partial charge in [-0.2, -0.15) is 0 Å². The Labute approximate surface area is 188 Å². The molecule has 0 saturated carbocycles. The molecule has 2 aromatic carbocycles. The van der Waals surface area contributed by atoms with Gasteiger partial charge in [-0.1, -0.05) is 47.7 Å². The first-order chi connectivity index (χ1) is 13.1. The van der Waals surface area contributed by atoms with Crippen molar-refractivity contribution in [2.24, 2.45) is 0 Å². The number of benzene rings is 2. The molecule has 2 amide bonds. The van der Waals surface area contributed by atoms with Crippen LogP contribution in [0.5, 0.6) is 0 Å². The molecule has 0 aliphatic heterocycles. The Balaban J connectivity index is 0.00000420. The van der Waals surface area contributed by atoms with E-state index in [9.17, 15) is 9.59 Å². The van der Waals surface area contributed by atoms with Crippen molar-refractivity contribution in [3.63, 3.8) is 0 Å². The van der Waals surface area contributed by atoms with Crippen molar-refractivity contribution in [3.05, 3.63) is 71.3 Å². The zero-order valence-corrected chi connectivity index (χ0v) is 19.1. The van der Waals surface area contributed by atoms with E-state index in [1.54, 1.807) is 45.0 Å². The number of rotatable bonds is 2. The normalized spacial score (nSPS) is 12.6. The van der Waals surface area contributed by atoms with E-state index in [-0.39, 0.29) is 12.4 Å². The topological polar surface area (TPSA) is 37.4 Å². The molecule has 0 bridgehead atoms. The lowest BCUT2D eigenvalue weighted by atomic mass is 10.0. The van der Waals surface area contributed by atoms with Crippen molar-refractivity contribution in [2.75, 3.05) is 0 Å². The maximum atomic E-state index is 13.2. The summed E-state index contributed by atoms with van der Waals surface area (Å²) in [5.41, 5.74) is 1.20. The second kappa shape index (κ2) is 10.1. The number of aryl methyl sites for hydroxylation is 1. The molecule has 0 N–H and O–H groups in total. The summed E-state index contributed by atoms with van der Waals surface area (Å²) in [5.74, 6) is 3.91. The van der Waals surface area contributed by atoms with Crippen molar-refractivity contribution >= 4 is 47.8 Å². The molecule has 0 aromatic heterocycles. The van der Waals surface area contributed by atoms with Crippen molar-refractivity contribution in [1.29, 1.82) is 0 Å². The molecule has 0 fully saturated rings. The van der Waals surface area contributed by atoms with E-state index in [1.165, 1.54) is 0 Å². The molecule has 2 aromatic rings. The molecule has 1 unspecified atom stereocenters. The molecule has 154 valence electrons. The fraction of sp³-hybridized carbons (Fsp3) is 0.273. The molecule has 0 radical (unpaired) electrons. The van der Waals surface area contributed by atoms with E-state index >= 15 is 0 Å². The molecule has 1 atom stereocenters. The Kier molecular flexibility index (Phi) is 8.74. The quantitative estimate of drug-likeness (QED) is 0.340. The molecule has 0 aliphatic carbocycles. The Morgan fingerprint density at radius 2 is 1.59 bits per heavy atom. The second-order valence-electron chi connectivity index (χ2n) is 7.26. The smallest absolute Gasteiger partial charge is 0.252 e. The van der Waals surface area contributed by atoms with Crippen LogP contribution in [0.15, 0.2) is 54.6 Å². The maximum Gasteiger partial charge on any atom is 0.390 e. The largest absolute Gasteiger partial charge is 0.390 e. The van der Waals surface area contributed by atoms with Crippen LogP contribution in [0, 0.1) is 11.8 Å². The first-order valence-electron chi connectivity index (χ1n) is 8.91. The van der Waals surface area contributed by atoms with Crippen LogP contribution in [-0.4, -0.2) is 26.0 Å². The van der Waals surface area contributed by atoms with Gasteiger partial charge in [0, 0.05) is 11.5 Å². The monoisotopic (exact) mass is 453 g/mol. The fourth-order valence-electron chi connectivity index (χ4n) is 2.52. The molecular weight excluding hydrogens is 431 g/mol. The van der Waals surface area contributed by atoms with E-state index < -0.39 is 21.5 Å². The van der Waals surface area contributed by atoms with Crippen LogP contribution in [0.2, 0.25) is 0 Å². The number of nitrogens with zero attached hydrogens (tertiary/aromatic N) is 2. The molecule has 0 saturated heterocycles. The van der Waals surface area contributed by atoms with Crippen LogP contribution in [0.25, 0.3) is 0 Å². The number of hydrogen-bond acceptors (Lipinski definition) is 2. The lowest BCUT2D eigenvalue weighted by molar-refractivity contribution is -0.871. The lowest BCUT2D eigenvalue weighted by Gasteiger charge is -2.39. The lowest BCUT2D eigenvalue weighted by Crippen LogP contribution is -2.64. The summed E-state index contributed by atoms with van der Waals surface area (Å²) < 4.78 is -0.310. The summed E-state index contributed by atoms with van der Waals surface area (Å²) in [5, 5.41) is 0. The molecule has 29 heavy (non-hydrogen) atoms. The van der Waals surface area contributed by atoms with Crippen LogP contribution < -0.4 is 0 Å². The molecule has 2 rings (SSSR count). The summed E-state index contributed by atoms with van der Waals surface area (Å²) in [6.07, 6.45) is 0.851. The molecule has 0 heterocycles. The van der Waals surface area contributed by atoms with Gasteiger partial charge < -0.3 is 0 Å². The minimum Gasteiger partial charge on any atom is -0.252 e. The van der Waals surface area contributed by atoms with Gasteiger partial charge in [0.05, 0.1) is 17.3 Å². The zero-order chi connectivity index (χ0) is 20.9. The van der Waals surface area contributed by atoms with Crippen LogP contribution >= 0.6 is 36.0 Å². The predicted octanol–water partition coefficient (Wildman–Crippen LogP) is 5.53. The highest BCUT2D eigenvalue weighted by Gasteiger charge is 2.55. The van der Waals surface area contributed by atoms with E-state index in [1.807, 2.05) is 37.3 Å². The average Bonchev–Trinajstić information content (AvgIpc) is 2.70. The van der Waals surface area contributed by atoms with Crippen LogP contribution in [-0.2, 0) is 11.2 Å². The summed E-state index contributed by atoms with van der Waals surface area (Å²) in [6, 6.07) is 16.1. The van der Waals surface area contributed by atoms with Crippen LogP contribution in [0.4, 0.5) is 0 Å². The minimum absolute atomic E-state index is 0. The predicted molar refractivity (Wildman–Crippen MR) is 119 cm³/mol. The maximum absolute atomic E-state index is 13.2. The Morgan fingerprint density at radius 3 is 2.07 bits per heavy atom. The molecule has 0 spiro atoms. The van der Waals surface area contributed by atoms with Gasteiger partial charge in [0.25, 0.3) is 0 Å². The summed E-state index contributed by atoms with van der Waals surface area (Å²) in [7, 11) is 0. The number of quaternary nitrogens is 1. The highest BCUT2D eigenvalue weighted by atomic mass is 35.5. The third-order valence-corrected chi connectivity index (χ3v) is 5.53. The van der Waals surface area contributed by atoms with Crippen LogP contribution in [0.3, 0.4) is 0 Å².